The second-order valence-electron chi connectivity index (χ2n) is 7.27. The summed E-state index contributed by atoms with van der Waals surface area (Å²) in [6.45, 7) is 0.312. The van der Waals surface area contributed by atoms with E-state index < -0.39 is 0 Å². The van der Waals surface area contributed by atoms with Crippen molar-refractivity contribution in [3.63, 3.8) is 0 Å². The van der Waals surface area contributed by atoms with Crippen LogP contribution < -0.4 is 15.2 Å². The fourth-order valence-corrected chi connectivity index (χ4v) is 3.39. The molecule has 0 aliphatic carbocycles. The third-order valence-corrected chi connectivity index (χ3v) is 5.12. The minimum absolute atomic E-state index is 0.101. The Kier molecular flexibility index (Phi) is 6.41. The van der Waals surface area contributed by atoms with Crippen LogP contribution in [0.3, 0.4) is 0 Å². The van der Waals surface area contributed by atoms with Crippen LogP contribution in [0.15, 0.2) is 102 Å². The van der Waals surface area contributed by atoms with Crippen molar-refractivity contribution in [1.82, 2.24) is 9.55 Å². The zero-order chi connectivity index (χ0) is 22.3. The number of amides is 1. The van der Waals surface area contributed by atoms with Gasteiger partial charge in [-0.1, -0.05) is 48.5 Å². The number of para-hydroxylation sites is 1. The summed E-state index contributed by atoms with van der Waals surface area (Å²) in [6.07, 6.45) is 1.42. The maximum Gasteiger partial charge on any atom is 0.254 e. The van der Waals surface area contributed by atoms with E-state index in [2.05, 4.69) is 4.98 Å². The molecule has 0 unspecified atom stereocenters. The monoisotopic (exact) mass is 425 g/mol. The van der Waals surface area contributed by atoms with Crippen molar-refractivity contribution in [2.45, 2.75) is 13.1 Å². The van der Waals surface area contributed by atoms with E-state index in [9.17, 15) is 9.59 Å². The normalized spacial score (nSPS) is 10.5. The number of methoxy groups -OCH3 is 1. The molecule has 0 fully saturated rings. The first-order valence-corrected chi connectivity index (χ1v) is 10.2. The summed E-state index contributed by atoms with van der Waals surface area (Å²) in [5.41, 5.74) is 2.84. The van der Waals surface area contributed by atoms with E-state index in [1.54, 1.807) is 12.0 Å². The molecule has 0 spiro atoms. The first-order chi connectivity index (χ1) is 15.6. The standard InChI is InChI=1S/C26H23N3O3/c1-32-23-14-12-21(13-15-23)24-16-25(30)28(19-27-24)18-26(31)29(22-10-6-3-7-11-22)17-20-8-4-2-5-9-20/h2-16,19H,17-18H2,1H3. The average molecular weight is 425 g/mol. The number of ether oxygens (including phenoxy) is 1. The molecule has 4 aromatic rings. The third-order valence-electron chi connectivity index (χ3n) is 5.12. The van der Waals surface area contributed by atoms with Crippen LogP contribution >= 0.6 is 0 Å². The van der Waals surface area contributed by atoms with Crippen molar-refractivity contribution < 1.29 is 9.53 Å². The van der Waals surface area contributed by atoms with Crippen molar-refractivity contribution in [3.8, 4) is 17.0 Å². The third kappa shape index (κ3) is 4.92. The summed E-state index contributed by atoms with van der Waals surface area (Å²) in [5.74, 6) is 0.535. The van der Waals surface area contributed by atoms with Gasteiger partial charge in [0.15, 0.2) is 0 Å². The van der Waals surface area contributed by atoms with E-state index in [1.165, 1.54) is 17.0 Å². The summed E-state index contributed by atoms with van der Waals surface area (Å²) >= 11 is 0. The molecule has 6 heteroatoms. The minimum Gasteiger partial charge on any atom is -0.497 e. The lowest BCUT2D eigenvalue weighted by Gasteiger charge is -2.23. The van der Waals surface area contributed by atoms with Gasteiger partial charge in [-0.25, -0.2) is 4.98 Å². The molecule has 1 heterocycles. The van der Waals surface area contributed by atoms with Gasteiger partial charge in [-0.2, -0.15) is 0 Å². The lowest BCUT2D eigenvalue weighted by molar-refractivity contribution is -0.119. The number of rotatable bonds is 7. The number of benzene rings is 3. The highest BCUT2D eigenvalue weighted by Crippen LogP contribution is 2.20. The molecule has 1 aromatic heterocycles. The number of carbonyl (C=O) groups is 1. The van der Waals surface area contributed by atoms with Crippen molar-refractivity contribution in [2.24, 2.45) is 0 Å². The fraction of sp³-hybridized carbons (Fsp3) is 0.115. The molecule has 0 bridgehead atoms. The molecule has 3 aromatic carbocycles. The number of nitrogens with zero attached hydrogens (tertiary/aromatic N) is 3. The van der Waals surface area contributed by atoms with Gasteiger partial charge < -0.3 is 9.64 Å². The Morgan fingerprint density at radius 2 is 1.59 bits per heavy atom. The molecule has 32 heavy (non-hydrogen) atoms. The average Bonchev–Trinajstić information content (AvgIpc) is 2.85. The smallest absolute Gasteiger partial charge is 0.254 e. The van der Waals surface area contributed by atoms with Crippen LogP contribution in [0.25, 0.3) is 11.3 Å². The van der Waals surface area contributed by atoms with Crippen LogP contribution in [0.2, 0.25) is 0 Å². The lowest BCUT2D eigenvalue weighted by atomic mass is 10.1. The molecule has 0 saturated heterocycles. The number of aromatic nitrogens is 2. The lowest BCUT2D eigenvalue weighted by Crippen LogP contribution is -2.36. The van der Waals surface area contributed by atoms with Gasteiger partial charge in [0.2, 0.25) is 5.91 Å². The molecular formula is C26H23N3O3. The van der Waals surface area contributed by atoms with E-state index in [1.807, 2.05) is 84.9 Å². The molecule has 6 nitrogen and oxygen atoms in total. The molecule has 0 radical (unpaired) electrons. The number of anilines is 1. The zero-order valence-electron chi connectivity index (χ0n) is 17.7. The largest absolute Gasteiger partial charge is 0.497 e. The minimum atomic E-state index is -0.285. The topological polar surface area (TPSA) is 64.4 Å². The molecule has 0 aliphatic rings. The van der Waals surface area contributed by atoms with Gasteiger partial charge in [-0.15, -0.1) is 0 Å². The van der Waals surface area contributed by atoms with Crippen molar-refractivity contribution in [3.05, 3.63) is 113 Å². The van der Waals surface area contributed by atoms with Crippen molar-refractivity contribution in [1.29, 1.82) is 0 Å². The summed E-state index contributed by atoms with van der Waals surface area (Å²) in [5, 5.41) is 0. The maximum atomic E-state index is 13.2. The Morgan fingerprint density at radius 1 is 0.938 bits per heavy atom. The number of hydrogen-bond acceptors (Lipinski definition) is 4. The van der Waals surface area contributed by atoms with E-state index >= 15 is 0 Å². The predicted octanol–water partition coefficient (Wildman–Crippen LogP) is 4.15. The van der Waals surface area contributed by atoms with E-state index in [0.717, 1.165) is 22.6 Å². The summed E-state index contributed by atoms with van der Waals surface area (Å²) in [4.78, 5) is 32.0. The van der Waals surface area contributed by atoms with Crippen LogP contribution in [0.5, 0.6) is 5.75 Å². The highest BCUT2D eigenvalue weighted by Gasteiger charge is 2.17. The quantitative estimate of drug-likeness (QED) is 0.446. The highest BCUT2D eigenvalue weighted by atomic mass is 16.5. The van der Waals surface area contributed by atoms with Crippen molar-refractivity contribution >= 4 is 11.6 Å². The Balaban J connectivity index is 1.56. The van der Waals surface area contributed by atoms with E-state index in [-0.39, 0.29) is 18.0 Å². The van der Waals surface area contributed by atoms with Crippen LogP contribution in [0.1, 0.15) is 5.56 Å². The Morgan fingerprint density at radius 3 is 2.22 bits per heavy atom. The van der Waals surface area contributed by atoms with Crippen LogP contribution in [-0.4, -0.2) is 22.6 Å². The number of carbonyl (C=O) groups excluding carboxylic acids is 1. The van der Waals surface area contributed by atoms with Crippen LogP contribution in [0, 0.1) is 0 Å². The summed E-state index contributed by atoms with van der Waals surface area (Å²) < 4.78 is 6.49. The van der Waals surface area contributed by atoms with Gasteiger partial charge >= 0.3 is 0 Å². The Bertz CT molecular complexity index is 1240. The van der Waals surface area contributed by atoms with Gasteiger partial charge in [0.05, 0.1) is 25.7 Å². The number of hydrogen-bond donors (Lipinski definition) is 0. The van der Waals surface area contributed by atoms with Gasteiger partial charge in [0.25, 0.3) is 5.56 Å². The molecule has 160 valence electrons. The SMILES string of the molecule is COc1ccc(-c2cc(=O)n(CC(=O)N(Cc3ccccc3)c3ccccc3)cn2)cc1. The van der Waals surface area contributed by atoms with Gasteiger partial charge in [-0.05, 0) is 42.0 Å². The molecule has 0 saturated carbocycles. The molecule has 0 N–H and O–H groups in total. The van der Waals surface area contributed by atoms with Crippen molar-refractivity contribution in [2.75, 3.05) is 12.0 Å². The Labute approximate surface area is 186 Å². The van der Waals surface area contributed by atoms with Gasteiger partial charge in [-0.3, -0.25) is 14.2 Å². The fourth-order valence-electron chi connectivity index (χ4n) is 3.39. The summed E-state index contributed by atoms with van der Waals surface area (Å²) in [7, 11) is 1.60. The second kappa shape index (κ2) is 9.75. The molecular weight excluding hydrogens is 402 g/mol. The summed E-state index contributed by atoms with van der Waals surface area (Å²) in [6, 6.07) is 28.0. The van der Waals surface area contributed by atoms with E-state index in [4.69, 9.17) is 4.74 Å². The molecule has 4 rings (SSSR count). The highest BCUT2D eigenvalue weighted by molar-refractivity contribution is 5.93. The molecule has 1 amide bonds. The van der Waals surface area contributed by atoms with Crippen LogP contribution in [0.4, 0.5) is 5.69 Å². The zero-order valence-corrected chi connectivity index (χ0v) is 17.7. The van der Waals surface area contributed by atoms with Gasteiger partial charge in [0, 0.05) is 17.3 Å². The Hall–Kier alpha value is -4.19. The first kappa shape index (κ1) is 21.1. The van der Waals surface area contributed by atoms with Gasteiger partial charge in [0.1, 0.15) is 12.3 Å². The van der Waals surface area contributed by atoms with E-state index in [0.29, 0.717) is 12.2 Å². The molecule has 0 atom stereocenters. The second-order valence-corrected chi connectivity index (χ2v) is 7.27. The molecule has 0 aliphatic heterocycles. The van der Waals surface area contributed by atoms with Crippen LogP contribution in [-0.2, 0) is 17.9 Å². The maximum absolute atomic E-state index is 13.2. The predicted molar refractivity (Wildman–Crippen MR) is 125 cm³/mol. The first-order valence-electron chi connectivity index (χ1n) is 10.2.